The van der Waals surface area contributed by atoms with Crippen molar-refractivity contribution in [3.63, 3.8) is 0 Å². The number of hydroxylamine groups is 1. The van der Waals surface area contributed by atoms with Gasteiger partial charge in [0.05, 0.1) is 21.9 Å². The van der Waals surface area contributed by atoms with Crippen molar-refractivity contribution in [2.75, 3.05) is 36.4 Å². The van der Waals surface area contributed by atoms with Crippen LogP contribution in [0.2, 0.25) is 0 Å². The number of para-hydroxylation sites is 1. The first-order chi connectivity index (χ1) is 13.9. The van der Waals surface area contributed by atoms with Crippen molar-refractivity contribution in [1.82, 2.24) is 10.4 Å². The average molecular weight is 403 g/mol. The highest BCUT2D eigenvalue weighted by Crippen LogP contribution is 2.27. The second-order valence-electron chi connectivity index (χ2n) is 6.28. The van der Waals surface area contributed by atoms with Gasteiger partial charge in [0.2, 0.25) is 0 Å². The number of piperazine rings is 1. The molecule has 1 aliphatic heterocycles. The van der Waals surface area contributed by atoms with E-state index in [9.17, 15) is 24.1 Å². The highest BCUT2D eigenvalue weighted by molar-refractivity contribution is 6.00. The number of benzene rings is 2. The summed E-state index contributed by atoms with van der Waals surface area (Å²) in [5, 5.41) is 22.4. The average Bonchev–Trinajstić information content (AvgIpc) is 2.74. The van der Waals surface area contributed by atoms with Gasteiger partial charge < -0.3 is 15.1 Å². The van der Waals surface area contributed by atoms with E-state index < -0.39 is 22.7 Å². The minimum absolute atomic E-state index is 0.0500. The number of urea groups is 1. The van der Waals surface area contributed by atoms with Gasteiger partial charge in [0.15, 0.2) is 0 Å². The maximum atomic E-state index is 13.7. The third-order valence-corrected chi connectivity index (χ3v) is 4.56. The van der Waals surface area contributed by atoms with Crippen LogP contribution in [0.5, 0.6) is 0 Å². The van der Waals surface area contributed by atoms with Gasteiger partial charge in [-0.05, 0) is 18.2 Å². The molecule has 0 atom stereocenters. The number of hydrogen-bond donors (Lipinski definition) is 3. The fourth-order valence-corrected chi connectivity index (χ4v) is 3.06. The van der Waals surface area contributed by atoms with Gasteiger partial charge in [0.1, 0.15) is 5.82 Å². The molecule has 1 saturated heterocycles. The number of carbonyl (C=O) groups is 2. The molecule has 0 saturated carbocycles. The summed E-state index contributed by atoms with van der Waals surface area (Å²) in [5.74, 6) is -1.41. The molecule has 1 fully saturated rings. The molecule has 10 nitrogen and oxygen atoms in total. The Bertz CT molecular complexity index is 946. The summed E-state index contributed by atoms with van der Waals surface area (Å²) in [6, 6.07) is 9.16. The number of halogens is 1. The monoisotopic (exact) mass is 403 g/mol. The van der Waals surface area contributed by atoms with Crippen molar-refractivity contribution in [3.8, 4) is 0 Å². The predicted molar refractivity (Wildman–Crippen MR) is 102 cm³/mol. The van der Waals surface area contributed by atoms with Crippen molar-refractivity contribution in [3.05, 3.63) is 64.0 Å². The van der Waals surface area contributed by atoms with E-state index in [-0.39, 0.29) is 30.0 Å². The Balaban J connectivity index is 1.70. The Hall–Kier alpha value is -3.73. The molecule has 1 heterocycles. The highest BCUT2D eigenvalue weighted by atomic mass is 19.1. The molecular weight excluding hydrogens is 385 g/mol. The number of nitro benzene ring substituents is 1. The molecule has 2 aromatic rings. The molecule has 11 heteroatoms. The first kappa shape index (κ1) is 20.0. The zero-order valence-corrected chi connectivity index (χ0v) is 15.2. The molecule has 0 aliphatic carbocycles. The SMILES string of the molecule is O=C(NO)c1cc([N+](=O)[O-])ccc1N1CCN(C(=O)Nc2ccccc2F)CC1. The van der Waals surface area contributed by atoms with Gasteiger partial charge in [0, 0.05) is 38.3 Å². The van der Waals surface area contributed by atoms with Crippen LogP contribution in [0.4, 0.5) is 26.2 Å². The molecule has 29 heavy (non-hydrogen) atoms. The summed E-state index contributed by atoms with van der Waals surface area (Å²) in [4.78, 5) is 37.9. The van der Waals surface area contributed by atoms with Gasteiger partial charge in [-0.25, -0.2) is 14.7 Å². The largest absolute Gasteiger partial charge is 0.367 e. The molecule has 2 aromatic carbocycles. The molecule has 0 aromatic heterocycles. The van der Waals surface area contributed by atoms with Crippen LogP contribution in [0.1, 0.15) is 10.4 Å². The van der Waals surface area contributed by atoms with E-state index in [0.717, 1.165) is 6.07 Å². The minimum atomic E-state index is -0.872. The van der Waals surface area contributed by atoms with Crippen LogP contribution in [0.15, 0.2) is 42.5 Å². The Morgan fingerprint density at radius 3 is 2.41 bits per heavy atom. The highest BCUT2D eigenvalue weighted by Gasteiger charge is 2.26. The van der Waals surface area contributed by atoms with E-state index in [1.165, 1.54) is 40.7 Å². The van der Waals surface area contributed by atoms with Crippen molar-refractivity contribution in [2.24, 2.45) is 0 Å². The lowest BCUT2D eigenvalue weighted by Crippen LogP contribution is -2.50. The number of non-ortho nitro benzene ring substituents is 1. The van der Waals surface area contributed by atoms with Crippen LogP contribution < -0.4 is 15.7 Å². The van der Waals surface area contributed by atoms with Crippen molar-refractivity contribution < 1.29 is 24.1 Å². The number of nitrogens with one attached hydrogen (secondary N) is 2. The van der Waals surface area contributed by atoms with E-state index in [1.807, 2.05) is 0 Å². The number of anilines is 2. The molecule has 3 rings (SSSR count). The summed E-state index contributed by atoms with van der Waals surface area (Å²) < 4.78 is 13.7. The molecule has 3 N–H and O–H groups in total. The van der Waals surface area contributed by atoms with Gasteiger partial charge in [-0.3, -0.25) is 20.1 Å². The number of carbonyl (C=O) groups excluding carboxylic acids is 2. The summed E-state index contributed by atoms with van der Waals surface area (Å²) >= 11 is 0. The van der Waals surface area contributed by atoms with Gasteiger partial charge in [-0.15, -0.1) is 0 Å². The molecule has 0 bridgehead atoms. The Kier molecular flexibility index (Phi) is 5.88. The first-order valence-corrected chi connectivity index (χ1v) is 8.69. The summed E-state index contributed by atoms with van der Waals surface area (Å²) in [6.07, 6.45) is 0. The number of hydrogen-bond acceptors (Lipinski definition) is 6. The number of amides is 3. The van der Waals surface area contributed by atoms with E-state index in [0.29, 0.717) is 18.8 Å². The smallest absolute Gasteiger partial charge is 0.322 e. The molecular formula is C18H18FN5O5. The first-order valence-electron chi connectivity index (χ1n) is 8.69. The Morgan fingerprint density at radius 1 is 1.10 bits per heavy atom. The maximum Gasteiger partial charge on any atom is 0.322 e. The lowest BCUT2D eigenvalue weighted by molar-refractivity contribution is -0.384. The zero-order chi connectivity index (χ0) is 21.0. The summed E-state index contributed by atoms with van der Waals surface area (Å²) in [5.41, 5.74) is 1.64. The third kappa shape index (κ3) is 4.41. The molecule has 0 unspecified atom stereocenters. The van der Waals surface area contributed by atoms with Crippen LogP contribution >= 0.6 is 0 Å². The van der Waals surface area contributed by atoms with E-state index >= 15 is 0 Å². The van der Waals surface area contributed by atoms with Gasteiger partial charge >= 0.3 is 6.03 Å². The zero-order valence-electron chi connectivity index (χ0n) is 15.2. The molecule has 0 spiro atoms. The standard InChI is InChI=1S/C18H18FN5O5/c19-14-3-1-2-4-15(14)20-18(26)23-9-7-22(8-10-23)16-6-5-12(24(28)29)11-13(16)17(25)21-27/h1-6,11,27H,7-10H2,(H,20,26)(H,21,25). The third-order valence-electron chi connectivity index (χ3n) is 4.56. The molecule has 1 aliphatic rings. The summed E-state index contributed by atoms with van der Waals surface area (Å²) in [6.45, 7) is 1.26. The van der Waals surface area contributed by atoms with Gasteiger partial charge in [-0.1, -0.05) is 12.1 Å². The Labute approximate surface area is 164 Å². The topological polar surface area (TPSA) is 128 Å². The fourth-order valence-electron chi connectivity index (χ4n) is 3.06. The molecule has 152 valence electrons. The predicted octanol–water partition coefficient (Wildman–Crippen LogP) is 2.21. The van der Waals surface area contributed by atoms with Crippen LogP contribution in [0.3, 0.4) is 0 Å². The lowest BCUT2D eigenvalue weighted by Gasteiger charge is -2.36. The fraction of sp³-hybridized carbons (Fsp3) is 0.222. The number of nitrogens with zero attached hydrogens (tertiary/aromatic N) is 3. The van der Waals surface area contributed by atoms with Crippen LogP contribution in [-0.2, 0) is 0 Å². The quantitative estimate of drug-likeness (QED) is 0.408. The second kappa shape index (κ2) is 8.52. The van der Waals surface area contributed by atoms with Gasteiger partial charge in [-0.2, -0.15) is 0 Å². The van der Waals surface area contributed by atoms with Crippen molar-refractivity contribution in [2.45, 2.75) is 0 Å². The van der Waals surface area contributed by atoms with Crippen LogP contribution in [-0.4, -0.2) is 53.1 Å². The maximum absolute atomic E-state index is 13.7. The van der Waals surface area contributed by atoms with E-state index in [1.54, 1.807) is 11.0 Å². The van der Waals surface area contributed by atoms with Gasteiger partial charge in [0.25, 0.3) is 11.6 Å². The van der Waals surface area contributed by atoms with Crippen LogP contribution in [0.25, 0.3) is 0 Å². The van der Waals surface area contributed by atoms with E-state index in [4.69, 9.17) is 5.21 Å². The van der Waals surface area contributed by atoms with Crippen molar-refractivity contribution in [1.29, 1.82) is 0 Å². The summed E-state index contributed by atoms with van der Waals surface area (Å²) in [7, 11) is 0. The van der Waals surface area contributed by atoms with Crippen LogP contribution in [0, 0.1) is 15.9 Å². The minimum Gasteiger partial charge on any atom is -0.367 e. The van der Waals surface area contributed by atoms with Crippen molar-refractivity contribution >= 4 is 29.0 Å². The molecule has 0 radical (unpaired) electrons. The molecule has 3 amide bonds. The Morgan fingerprint density at radius 2 is 1.79 bits per heavy atom. The number of nitro groups is 1. The normalized spacial score (nSPS) is 13.7. The lowest BCUT2D eigenvalue weighted by atomic mass is 10.1. The van der Waals surface area contributed by atoms with E-state index in [2.05, 4.69) is 5.32 Å². The number of rotatable bonds is 4. The second-order valence-corrected chi connectivity index (χ2v) is 6.28.